The molecule has 0 amide bonds. The van der Waals surface area contributed by atoms with Crippen molar-refractivity contribution in [1.29, 1.82) is 5.26 Å². The van der Waals surface area contributed by atoms with Crippen LogP contribution in [0.5, 0.6) is 0 Å². The molecule has 1 saturated heterocycles. The fourth-order valence-corrected chi connectivity index (χ4v) is 7.29. The number of rotatable bonds is 5. The first-order chi connectivity index (χ1) is 19.8. The summed E-state index contributed by atoms with van der Waals surface area (Å²) in [6.45, 7) is 18.5. The van der Waals surface area contributed by atoms with Crippen LogP contribution in [0, 0.1) is 59.8 Å². The van der Waals surface area contributed by atoms with Crippen LogP contribution >= 0.6 is 11.8 Å². The normalized spacial score (nSPS) is 26.0. The van der Waals surface area contributed by atoms with Crippen LogP contribution in [0.1, 0.15) is 111 Å². The second kappa shape index (κ2) is 24.3. The van der Waals surface area contributed by atoms with Gasteiger partial charge in [0.05, 0.1) is 12.2 Å². The average Bonchev–Trinajstić information content (AvgIpc) is 3.51. The van der Waals surface area contributed by atoms with Crippen LogP contribution in [0.25, 0.3) is 0 Å². The van der Waals surface area contributed by atoms with E-state index in [9.17, 15) is 18.0 Å². The summed E-state index contributed by atoms with van der Waals surface area (Å²) in [6.07, 6.45) is 8.23. The van der Waals surface area contributed by atoms with Gasteiger partial charge in [-0.05, 0) is 73.7 Å². The fourth-order valence-electron chi connectivity index (χ4n) is 5.89. The van der Waals surface area contributed by atoms with Crippen molar-refractivity contribution in [3.05, 3.63) is 48.7 Å². The van der Waals surface area contributed by atoms with Crippen molar-refractivity contribution in [2.24, 2.45) is 29.1 Å². The third-order valence-electron chi connectivity index (χ3n) is 8.14. The molecule has 0 N–H and O–H groups in total. The number of halogens is 3. The van der Waals surface area contributed by atoms with Crippen molar-refractivity contribution in [2.75, 3.05) is 18.6 Å². The number of methoxy groups -OCH3 is 1. The third kappa shape index (κ3) is 16.5. The molecule has 6 unspecified atom stereocenters. The number of ketones is 1. The van der Waals surface area contributed by atoms with Crippen molar-refractivity contribution in [3.63, 3.8) is 0 Å². The summed E-state index contributed by atoms with van der Waals surface area (Å²) in [5.74, 6) is 5.88. The standard InChI is InChI=1S/C11H18O.C8H3F3N.C7H14OS.C7H14.C2H6.K/c1-8-6-10-4-3-5-11(10,7-8)9(2)12;9-8(10,11)7-4-2-1-3-6(7)5-12;1-6-3-4-9-5-7(6)8-2;1-4-5-6-7(2)3;1-2;/h8,10H,3-7H2,1-2H3;1,3-4H;6-7H,3-5H2,1-2H3;5,7H,2,4,6H2,1,3H3;1-2H3;/q;-1;;-2;;+1. The molecule has 2 saturated carbocycles. The average molecular weight is 650 g/mol. The maximum Gasteiger partial charge on any atom is 1.00 e. The second-order valence-electron chi connectivity index (χ2n) is 11.6. The van der Waals surface area contributed by atoms with E-state index in [1.165, 1.54) is 68.6 Å². The minimum atomic E-state index is -4.47. The van der Waals surface area contributed by atoms with E-state index in [-0.39, 0.29) is 62.4 Å². The minimum Gasteiger partial charge on any atom is -0.380 e. The maximum atomic E-state index is 12.1. The summed E-state index contributed by atoms with van der Waals surface area (Å²) in [5, 5.41) is 8.32. The van der Waals surface area contributed by atoms with E-state index in [1.54, 1.807) is 6.92 Å². The van der Waals surface area contributed by atoms with Crippen LogP contribution in [-0.2, 0) is 15.7 Å². The Kier molecular flexibility index (Phi) is 25.6. The van der Waals surface area contributed by atoms with Crippen molar-refractivity contribution in [2.45, 2.75) is 112 Å². The Morgan fingerprint density at radius 1 is 1.33 bits per heavy atom. The summed E-state index contributed by atoms with van der Waals surface area (Å²) in [4.78, 5) is 11.6. The topological polar surface area (TPSA) is 50.1 Å². The number of ether oxygens (including phenoxy) is 1. The van der Waals surface area contributed by atoms with Crippen molar-refractivity contribution in [1.82, 2.24) is 0 Å². The zero-order valence-electron chi connectivity index (χ0n) is 28.3. The van der Waals surface area contributed by atoms with Gasteiger partial charge in [0.25, 0.3) is 0 Å². The van der Waals surface area contributed by atoms with E-state index in [0.29, 0.717) is 17.8 Å². The first-order valence-electron chi connectivity index (χ1n) is 15.6. The largest absolute Gasteiger partial charge is 1.00 e. The number of hydrogen-bond acceptors (Lipinski definition) is 4. The molecule has 3 aliphatic rings. The molecule has 1 heterocycles. The predicted octanol–water partition coefficient (Wildman–Crippen LogP) is 7.43. The number of unbranched alkanes of at least 4 members (excludes halogenated alkanes) is 1. The zero-order valence-corrected chi connectivity index (χ0v) is 32.2. The summed E-state index contributed by atoms with van der Waals surface area (Å²) < 4.78 is 41.5. The smallest absolute Gasteiger partial charge is 0.380 e. The molecule has 4 rings (SSSR count). The van der Waals surface area contributed by atoms with E-state index in [1.807, 2.05) is 32.7 Å². The molecule has 3 nitrogen and oxygen atoms in total. The summed E-state index contributed by atoms with van der Waals surface area (Å²) in [6, 6.07) is 6.85. The maximum absolute atomic E-state index is 12.1. The Labute approximate surface area is 308 Å². The molecule has 1 aliphatic heterocycles. The molecule has 6 atom stereocenters. The van der Waals surface area contributed by atoms with Crippen LogP contribution < -0.4 is 51.4 Å². The van der Waals surface area contributed by atoms with Gasteiger partial charge in [-0.15, -0.1) is 0 Å². The van der Waals surface area contributed by atoms with Crippen LogP contribution in [0.15, 0.2) is 18.2 Å². The molecular formula is C35H55F3KNO2S-2. The van der Waals surface area contributed by atoms with Gasteiger partial charge in [0.15, 0.2) is 0 Å². The summed E-state index contributed by atoms with van der Waals surface area (Å²) >= 11 is 2.01. The fraction of sp³-hybridized carbons (Fsp3) is 0.714. The number of alkyl halides is 3. The Balaban J connectivity index is 0. The van der Waals surface area contributed by atoms with E-state index >= 15 is 0 Å². The Hall–Kier alpha value is 0.116. The molecule has 1 aromatic rings. The van der Waals surface area contributed by atoms with Crippen molar-refractivity contribution in [3.8, 4) is 6.07 Å². The predicted molar refractivity (Wildman–Crippen MR) is 171 cm³/mol. The SMILES string of the molecule is CC.CC(=O)C12CCCC1CC(C)C2.COC1CSCCC1C.N#Cc1cc[c-]cc1C(F)(F)F.[CH2-]C(C)C[CH-]CC.[K+]. The van der Waals surface area contributed by atoms with Gasteiger partial charge in [-0.25, -0.2) is 6.42 Å². The number of thioether (sulfide) groups is 1. The van der Waals surface area contributed by atoms with E-state index in [4.69, 9.17) is 10.00 Å². The molecule has 0 radical (unpaired) electrons. The van der Waals surface area contributed by atoms with E-state index in [2.05, 4.69) is 47.1 Å². The number of carbonyl (C=O) groups excluding carboxylic acids is 1. The molecule has 3 fully saturated rings. The minimum absolute atomic E-state index is 0. The van der Waals surface area contributed by atoms with Gasteiger partial charge in [0, 0.05) is 18.3 Å². The molecule has 0 aromatic heterocycles. The number of fused-ring (bicyclic) bond motifs is 1. The Bertz CT molecular complexity index is 921. The quantitative estimate of drug-likeness (QED) is 0.246. The van der Waals surface area contributed by atoms with Crippen molar-refractivity contribution >= 4 is 17.5 Å². The van der Waals surface area contributed by atoms with Crippen LogP contribution in [0.2, 0.25) is 0 Å². The number of benzene rings is 1. The van der Waals surface area contributed by atoms with Gasteiger partial charge in [-0.1, -0.05) is 48.0 Å². The number of nitriles is 1. The summed E-state index contributed by atoms with van der Waals surface area (Å²) in [5.41, 5.74) is -1.17. The molecule has 0 spiro atoms. The third-order valence-corrected chi connectivity index (χ3v) is 9.23. The molecular weight excluding hydrogens is 595 g/mol. The molecule has 0 bridgehead atoms. The van der Waals surface area contributed by atoms with E-state index in [0.717, 1.165) is 36.3 Å². The Morgan fingerprint density at radius 2 is 1.98 bits per heavy atom. The van der Waals surface area contributed by atoms with Crippen LogP contribution in [-0.4, -0.2) is 30.5 Å². The number of hydrogen-bond donors (Lipinski definition) is 0. The van der Waals surface area contributed by atoms with Crippen LogP contribution in [0.3, 0.4) is 0 Å². The zero-order chi connectivity index (χ0) is 32.3. The Morgan fingerprint density at radius 3 is 2.37 bits per heavy atom. The molecule has 8 heteroatoms. The molecule has 2 aliphatic carbocycles. The first kappa shape index (κ1) is 45.2. The summed E-state index contributed by atoms with van der Waals surface area (Å²) in [7, 11) is 1.81. The molecule has 1 aromatic carbocycles. The van der Waals surface area contributed by atoms with Crippen molar-refractivity contribution < 1.29 is 74.1 Å². The molecule has 242 valence electrons. The van der Waals surface area contributed by atoms with Gasteiger partial charge in [-0.3, -0.25) is 4.79 Å². The van der Waals surface area contributed by atoms with E-state index < -0.39 is 11.7 Å². The van der Waals surface area contributed by atoms with Gasteiger partial charge in [0.1, 0.15) is 5.78 Å². The van der Waals surface area contributed by atoms with Crippen LogP contribution in [0.4, 0.5) is 13.2 Å². The number of carbonyl (C=O) groups is 1. The number of Topliss-reactive ketones (excluding diaryl/α,β-unsaturated/α-hetero) is 1. The van der Waals surface area contributed by atoms with Gasteiger partial charge in [-0.2, -0.15) is 66.8 Å². The number of nitrogens with zero attached hydrogens (tertiary/aromatic N) is 1. The monoisotopic (exact) mass is 649 g/mol. The van der Waals surface area contributed by atoms with Gasteiger partial charge in [0.2, 0.25) is 0 Å². The van der Waals surface area contributed by atoms with Gasteiger partial charge < -0.3 is 18.1 Å². The molecule has 43 heavy (non-hydrogen) atoms. The second-order valence-corrected chi connectivity index (χ2v) is 12.7. The first-order valence-corrected chi connectivity index (χ1v) is 16.7. The van der Waals surface area contributed by atoms with Gasteiger partial charge >= 0.3 is 57.6 Å².